The van der Waals surface area contributed by atoms with E-state index in [4.69, 9.17) is 4.74 Å². The molecule has 1 atom stereocenters. The van der Waals surface area contributed by atoms with Gasteiger partial charge in [-0.1, -0.05) is 58.3 Å². The van der Waals surface area contributed by atoms with Gasteiger partial charge in [0.15, 0.2) is 0 Å². The van der Waals surface area contributed by atoms with E-state index >= 15 is 0 Å². The van der Waals surface area contributed by atoms with Crippen LogP contribution in [0.25, 0.3) is 0 Å². The molecule has 1 aliphatic rings. The molecule has 2 nitrogen and oxygen atoms in total. The van der Waals surface area contributed by atoms with Gasteiger partial charge < -0.3 is 4.74 Å². The molecule has 0 bridgehead atoms. The maximum absolute atomic E-state index is 10.5. The summed E-state index contributed by atoms with van der Waals surface area (Å²) in [5, 5.41) is 0. The van der Waals surface area contributed by atoms with Gasteiger partial charge in [0.05, 0.1) is 6.42 Å². The Morgan fingerprint density at radius 2 is 1.50 bits per heavy atom. The molecule has 16 heavy (non-hydrogen) atoms. The first kappa shape index (κ1) is 13.5. The Morgan fingerprint density at radius 1 is 1.00 bits per heavy atom. The maximum atomic E-state index is 10.5. The van der Waals surface area contributed by atoms with Crippen LogP contribution < -0.4 is 0 Å². The number of esters is 1. The van der Waals surface area contributed by atoms with E-state index in [1.165, 1.54) is 57.8 Å². The van der Waals surface area contributed by atoms with E-state index in [2.05, 4.69) is 6.92 Å². The van der Waals surface area contributed by atoms with Crippen LogP contribution in [0.5, 0.6) is 0 Å². The summed E-state index contributed by atoms with van der Waals surface area (Å²) in [4.78, 5) is 10.5. The van der Waals surface area contributed by atoms with Crippen LogP contribution in [0.4, 0.5) is 0 Å². The largest absolute Gasteiger partial charge is 0.462 e. The van der Waals surface area contributed by atoms with Crippen molar-refractivity contribution in [2.45, 2.75) is 83.7 Å². The van der Waals surface area contributed by atoms with E-state index < -0.39 is 0 Å². The first-order valence-corrected chi connectivity index (χ1v) is 7.02. The summed E-state index contributed by atoms with van der Waals surface area (Å²) in [5.41, 5.74) is 0. The normalized spacial score (nSPS) is 19.3. The molecule has 0 aromatic heterocycles. The zero-order valence-corrected chi connectivity index (χ0v) is 10.7. The highest BCUT2D eigenvalue weighted by Crippen LogP contribution is 2.20. The number of carbonyl (C=O) groups excluding carboxylic acids is 1. The summed E-state index contributed by atoms with van der Waals surface area (Å²) in [7, 11) is 0. The molecular weight excluding hydrogens is 200 g/mol. The molecule has 0 aromatic rings. The van der Waals surface area contributed by atoms with E-state index in [1.807, 2.05) is 0 Å². The molecule has 1 heterocycles. The zero-order chi connectivity index (χ0) is 11.6. The molecule has 0 spiro atoms. The number of ether oxygens (including phenoxy) is 1. The third-order valence-electron chi connectivity index (χ3n) is 3.32. The molecule has 1 fully saturated rings. The summed E-state index contributed by atoms with van der Waals surface area (Å²) in [6.07, 6.45) is 14.2. The van der Waals surface area contributed by atoms with E-state index in [-0.39, 0.29) is 12.1 Å². The lowest BCUT2D eigenvalue weighted by molar-refractivity contribution is -0.169. The number of unbranched alkanes of at least 4 members (excludes halogenated alkanes) is 8. The molecule has 0 unspecified atom stereocenters. The molecule has 0 aromatic carbocycles. The maximum Gasteiger partial charge on any atom is 0.309 e. The Kier molecular flexibility index (Phi) is 7.28. The monoisotopic (exact) mass is 226 g/mol. The van der Waals surface area contributed by atoms with Crippen molar-refractivity contribution in [2.24, 2.45) is 0 Å². The van der Waals surface area contributed by atoms with Crippen LogP contribution in [0.2, 0.25) is 0 Å². The van der Waals surface area contributed by atoms with Gasteiger partial charge in [0.25, 0.3) is 0 Å². The van der Waals surface area contributed by atoms with Gasteiger partial charge in [-0.3, -0.25) is 4.79 Å². The zero-order valence-electron chi connectivity index (χ0n) is 10.7. The number of carbonyl (C=O) groups is 1. The van der Waals surface area contributed by atoms with Crippen molar-refractivity contribution in [1.82, 2.24) is 0 Å². The summed E-state index contributed by atoms with van der Waals surface area (Å²) in [6.45, 7) is 2.26. The van der Waals surface area contributed by atoms with Gasteiger partial charge in [0.1, 0.15) is 6.10 Å². The SMILES string of the molecule is CCCCCCCCCCC[C@@H]1CC(=O)O1. The van der Waals surface area contributed by atoms with Gasteiger partial charge >= 0.3 is 5.97 Å². The predicted octanol–water partition coefficient (Wildman–Crippen LogP) is 4.22. The van der Waals surface area contributed by atoms with E-state index in [1.54, 1.807) is 0 Å². The third-order valence-corrected chi connectivity index (χ3v) is 3.32. The minimum absolute atomic E-state index is 0.0130. The quantitative estimate of drug-likeness (QED) is 0.412. The molecule has 0 radical (unpaired) electrons. The van der Waals surface area contributed by atoms with Gasteiger partial charge in [0.2, 0.25) is 0 Å². The average Bonchev–Trinajstić information content (AvgIpc) is 2.24. The average molecular weight is 226 g/mol. The molecule has 2 heteroatoms. The molecule has 0 amide bonds. The van der Waals surface area contributed by atoms with Gasteiger partial charge in [-0.05, 0) is 12.8 Å². The summed E-state index contributed by atoms with van der Waals surface area (Å²) in [5.74, 6) is -0.0130. The summed E-state index contributed by atoms with van der Waals surface area (Å²) < 4.78 is 4.97. The lowest BCUT2D eigenvalue weighted by Gasteiger charge is -2.25. The van der Waals surface area contributed by atoms with Crippen molar-refractivity contribution in [3.8, 4) is 0 Å². The summed E-state index contributed by atoms with van der Waals surface area (Å²) in [6, 6.07) is 0. The molecule has 0 N–H and O–H groups in total. The highest BCUT2D eigenvalue weighted by molar-refractivity contribution is 5.75. The second-order valence-corrected chi connectivity index (χ2v) is 4.93. The van der Waals surface area contributed by atoms with Crippen LogP contribution >= 0.6 is 0 Å². The minimum atomic E-state index is -0.0130. The van der Waals surface area contributed by atoms with E-state index in [0.717, 1.165) is 6.42 Å². The van der Waals surface area contributed by atoms with Gasteiger partial charge in [-0.2, -0.15) is 0 Å². The predicted molar refractivity (Wildman–Crippen MR) is 66.3 cm³/mol. The second-order valence-electron chi connectivity index (χ2n) is 4.93. The molecular formula is C14H26O2. The molecule has 94 valence electrons. The van der Waals surface area contributed by atoms with Crippen molar-refractivity contribution in [2.75, 3.05) is 0 Å². The van der Waals surface area contributed by atoms with Crippen LogP contribution in [0.1, 0.15) is 77.6 Å². The Labute approximate surface area is 99.8 Å². The number of hydrogen-bond acceptors (Lipinski definition) is 2. The van der Waals surface area contributed by atoms with E-state index in [9.17, 15) is 4.79 Å². The lowest BCUT2D eigenvalue weighted by atomic mass is 10.0. The fourth-order valence-electron chi connectivity index (χ4n) is 2.21. The van der Waals surface area contributed by atoms with E-state index in [0.29, 0.717) is 6.42 Å². The molecule has 1 rings (SSSR count). The van der Waals surface area contributed by atoms with Crippen LogP contribution in [-0.2, 0) is 9.53 Å². The Hall–Kier alpha value is -0.530. The van der Waals surface area contributed by atoms with Crippen molar-refractivity contribution in [3.05, 3.63) is 0 Å². The minimum Gasteiger partial charge on any atom is -0.462 e. The Bertz CT molecular complexity index is 181. The molecule has 1 aliphatic heterocycles. The molecule has 0 saturated carbocycles. The first-order valence-electron chi connectivity index (χ1n) is 7.02. The topological polar surface area (TPSA) is 26.3 Å². The van der Waals surface area contributed by atoms with Crippen LogP contribution in [0, 0.1) is 0 Å². The Morgan fingerprint density at radius 3 is 2.00 bits per heavy atom. The molecule has 0 aliphatic carbocycles. The highest BCUT2D eigenvalue weighted by Gasteiger charge is 2.27. The first-order chi connectivity index (χ1) is 7.83. The van der Waals surface area contributed by atoms with Crippen molar-refractivity contribution in [1.29, 1.82) is 0 Å². The number of hydrogen-bond donors (Lipinski definition) is 0. The second kappa shape index (κ2) is 8.60. The van der Waals surface area contributed by atoms with Gasteiger partial charge in [-0.15, -0.1) is 0 Å². The van der Waals surface area contributed by atoms with Crippen LogP contribution in [0.3, 0.4) is 0 Å². The standard InChI is InChI=1S/C14H26O2/c1-2-3-4-5-6-7-8-9-10-11-13-12-14(15)16-13/h13H,2-12H2,1H3/t13-/m1/s1. The van der Waals surface area contributed by atoms with Gasteiger partial charge in [-0.25, -0.2) is 0 Å². The Balaban J connectivity index is 1.70. The lowest BCUT2D eigenvalue weighted by Crippen LogP contribution is -2.32. The highest BCUT2D eigenvalue weighted by atomic mass is 16.6. The van der Waals surface area contributed by atoms with Crippen LogP contribution in [-0.4, -0.2) is 12.1 Å². The van der Waals surface area contributed by atoms with Crippen molar-refractivity contribution >= 4 is 5.97 Å². The fraction of sp³-hybridized carbons (Fsp3) is 0.929. The van der Waals surface area contributed by atoms with Crippen molar-refractivity contribution in [3.63, 3.8) is 0 Å². The smallest absolute Gasteiger partial charge is 0.309 e. The molecule has 1 saturated heterocycles. The fourth-order valence-corrected chi connectivity index (χ4v) is 2.21. The van der Waals surface area contributed by atoms with Crippen molar-refractivity contribution < 1.29 is 9.53 Å². The van der Waals surface area contributed by atoms with Gasteiger partial charge in [0, 0.05) is 0 Å². The van der Waals surface area contributed by atoms with Crippen LogP contribution in [0.15, 0.2) is 0 Å². The summed E-state index contributed by atoms with van der Waals surface area (Å²) >= 11 is 0. The number of cyclic esters (lactones) is 1. The number of rotatable bonds is 10. The third kappa shape index (κ3) is 6.14.